The summed E-state index contributed by atoms with van der Waals surface area (Å²) in [6.07, 6.45) is 2.31. The molecule has 0 bridgehead atoms. The molecule has 6 heteroatoms. The standard InChI is InChI=1S/C18H21N3O3/c22-18(23)15-8-13(9-19-11-15)10-20-21-12-16-6-7-17(24-16)14-4-2-1-3-5-14/h1-7,12-13,15,19-20H,8-11H2,(H,22,23)/b21-12+/t13-,15+/m0/s1. The minimum atomic E-state index is -0.736. The van der Waals surface area contributed by atoms with E-state index < -0.39 is 5.97 Å². The predicted octanol–water partition coefficient (Wildman–Crippen LogP) is 2.18. The summed E-state index contributed by atoms with van der Waals surface area (Å²) in [7, 11) is 0. The van der Waals surface area contributed by atoms with Gasteiger partial charge in [0.2, 0.25) is 0 Å². The molecule has 126 valence electrons. The molecule has 0 amide bonds. The predicted molar refractivity (Wildman–Crippen MR) is 91.8 cm³/mol. The molecule has 0 aliphatic carbocycles. The van der Waals surface area contributed by atoms with Gasteiger partial charge in [-0.05, 0) is 31.0 Å². The fourth-order valence-corrected chi connectivity index (χ4v) is 2.85. The summed E-state index contributed by atoms with van der Waals surface area (Å²) in [6, 6.07) is 13.7. The molecule has 6 nitrogen and oxygen atoms in total. The van der Waals surface area contributed by atoms with E-state index in [9.17, 15) is 4.79 Å². The molecule has 1 fully saturated rings. The van der Waals surface area contributed by atoms with Gasteiger partial charge < -0.3 is 20.3 Å². The summed E-state index contributed by atoms with van der Waals surface area (Å²) in [5, 5.41) is 16.4. The molecule has 2 atom stereocenters. The van der Waals surface area contributed by atoms with E-state index in [1.54, 1.807) is 6.21 Å². The molecule has 0 unspecified atom stereocenters. The van der Waals surface area contributed by atoms with Gasteiger partial charge in [-0.25, -0.2) is 0 Å². The quantitative estimate of drug-likeness (QED) is 0.559. The lowest BCUT2D eigenvalue weighted by Gasteiger charge is -2.27. The van der Waals surface area contributed by atoms with Gasteiger partial charge in [-0.3, -0.25) is 4.79 Å². The highest BCUT2D eigenvalue weighted by atomic mass is 16.4. The summed E-state index contributed by atoms with van der Waals surface area (Å²) in [4.78, 5) is 11.0. The SMILES string of the molecule is O=C(O)[C@H]1CNC[C@@H](CN/N=C/c2ccc(-c3ccccc3)o2)C1. The van der Waals surface area contributed by atoms with Crippen LogP contribution in [0.3, 0.4) is 0 Å². The number of nitrogens with one attached hydrogen (secondary N) is 2. The Labute approximate surface area is 140 Å². The van der Waals surface area contributed by atoms with Gasteiger partial charge in [0.15, 0.2) is 0 Å². The molecule has 0 spiro atoms. The number of nitrogens with zero attached hydrogens (tertiary/aromatic N) is 1. The van der Waals surface area contributed by atoms with Gasteiger partial charge in [-0.15, -0.1) is 0 Å². The number of piperidine rings is 1. The number of carboxylic acid groups (broad SMARTS) is 1. The van der Waals surface area contributed by atoms with Crippen LogP contribution in [0.4, 0.5) is 0 Å². The Kier molecular flexibility index (Phi) is 5.28. The topological polar surface area (TPSA) is 86.9 Å². The van der Waals surface area contributed by atoms with Crippen LogP contribution in [0.25, 0.3) is 11.3 Å². The Hall–Kier alpha value is -2.60. The molecule has 3 N–H and O–H groups in total. The third-order valence-electron chi connectivity index (χ3n) is 4.14. The maximum atomic E-state index is 11.0. The molecule has 1 saturated heterocycles. The molecule has 0 saturated carbocycles. The zero-order valence-electron chi connectivity index (χ0n) is 13.3. The van der Waals surface area contributed by atoms with Crippen molar-refractivity contribution in [1.82, 2.24) is 10.7 Å². The highest BCUT2D eigenvalue weighted by Crippen LogP contribution is 2.20. The minimum absolute atomic E-state index is 0.258. The van der Waals surface area contributed by atoms with Gasteiger partial charge in [-0.1, -0.05) is 30.3 Å². The molecule has 1 aliphatic heterocycles. The van der Waals surface area contributed by atoms with Gasteiger partial charge in [0.25, 0.3) is 0 Å². The first-order chi connectivity index (χ1) is 11.7. The molecule has 1 aromatic heterocycles. The van der Waals surface area contributed by atoms with E-state index in [2.05, 4.69) is 15.8 Å². The number of benzene rings is 1. The van der Waals surface area contributed by atoms with E-state index in [1.807, 2.05) is 42.5 Å². The number of hydrogen-bond acceptors (Lipinski definition) is 5. The van der Waals surface area contributed by atoms with Crippen molar-refractivity contribution in [3.05, 3.63) is 48.2 Å². The van der Waals surface area contributed by atoms with Crippen LogP contribution in [-0.2, 0) is 4.79 Å². The first-order valence-electron chi connectivity index (χ1n) is 8.07. The summed E-state index contributed by atoms with van der Waals surface area (Å²) in [6.45, 7) is 1.99. The molecule has 1 aliphatic rings. The Morgan fingerprint density at radius 2 is 2.12 bits per heavy atom. The number of hydrogen-bond donors (Lipinski definition) is 3. The molecule has 1 aromatic carbocycles. The molecule has 0 radical (unpaired) electrons. The third-order valence-corrected chi connectivity index (χ3v) is 4.14. The average molecular weight is 327 g/mol. The molecule has 24 heavy (non-hydrogen) atoms. The van der Waals surface area contributed by atoms with E-state index in [4.69, 9.17) is 9.52 Å². The van der Waals surface area contributed by atoms with E-state index >= 15 is 0 Å². The fraction of sp³-hybridized carbons (Fsp3) is 0.333. The summed E-state index contributed by atoms with van der Waals surface area (Å²) in [5.41, 5.74) is 4.01. The number of aliphatic carboxylic acids is 1. The van der Waals surface area contributed by atoms with Gasteiger partial charge in [0.1, 0.15) is 11.5 Å². The Morgan fingerprint density at radius 3 is 2.92 bits per heavy atom. The van der Waals surface area contributed by atoms with Crippen LogP contribution in [0.2, 0.25) is 0 Å². The van der Waals surface area contributed by atoms with Crippen LogP contribution in [0.15, 0.2) is 52.0 Å². The van der Waals surface area contributed by atoms with Crippen LogP contribution in [0, 0.1) is 11.8 Å². The van der Waals surface area contributed by atoms with Crippen molar-refractivity contribution in [3.8, 4) is 11.3 Å². The highest BCUT2D eigenvalue weighted by molar-refractivity contribution is 5.77. The van der Waals surface area contributed by atoms with Gasteiger partial charge in [0.05, 0.1) is 12.1 Å². The Bertz CT molecular complexity index is 697. The second-order valence-electron chi connectivity index (χ2n) is 5.98. The maximum Gasteiger partial charge on any atom is 0.307 e. The second-order valence-corrected chi connectivity index (χ2v) is 5.98. The van der Waals surface area contributed by atoms with Gasteiger partial charge in [0, 0.05) is 18.7 Å². The van der Waals surface area contributed by atoms with E-state index in [0.717, 1.165) is 17.9 Å². The summed E-state index contributed by atoms with van der Waals surface area (Å²) >= 11 is 0. The largest absolute Gasteiger partial charge is 0.481 e. The molecular formula is C18H21N3O3. The van der Waals surface area contributed by atoms with Crippen molar-refractivity contribution in [2.45, 2.75) is 6.42 Å². The van der Waals surface area contributed by atoms with Crippen LogP contribution in [0.1, 0.15) is 12.2 Å². The van der Waals surface area contributed by atoms with Crippen LogP contribution >= 0.6 is 0 Å². The first kappa shape index (κ1) is 16.3. The minimum Gasteiger partial charge on any atom is -0.481 e. The van der Waals surface area contributed by atoms with Crippen molar-refractivity contribution < 1.29 is 14.3 Å². The van der Waals surface area contributed by atoms with Crippen molar-refractivity contribution >= 4 is 12.2 Å². The molecule has 2 aromatic rings. The summed E-state index contributed by atoms with van der Waals surface area (Å²) in [5.74, 6) is 0.686. The van der Waals surface area contributed by atoms with E-state index in [0.29, 0.717) is 25.3 Å². The summed E-state index contributed by atoms with van der Waals surface area (Å²) < 4.78 is 5.73. The fourth-order valence-electron chi connectivity index (χ4n) is 2.85. The Morgan fingerprint density at radius 1 is 1.29 bits per heavy atom. The van der Waals surface area contributed by atoms with E-state index in [-0.39, 0.29) is 11.8 Å². The first-order valence-corrected chi connectivity index (χ1v) is 8.07. The van der Waals surface area contributed by atoms with Crippen LogP contribution in [0.5, 0.6) is 0 Å². The highest BCUT2D eigenvalue weighted by Gasteiger charge is 2.26. The maximum absolute atomic E-state index is 11.0. The van der Waals surface area contributed by atoms with Crippen molar-refractivity contribution in [1.29, 1.82) is 0 Å². The lowest BCUT2D eigenvalue weighted by molar-refractivity contribution is -0.142. The normalized spacial score (nSPS) is 21.0. The van der Waals surface area contributed by atoms with Gasteiger partial charge in [-0.2, -0.15) is 5.10 Å². The molecular weight excluding hydrogens is 306 g/mol. The van der Waals surface area contributed by atoms with Crippen LogP contribution in [-0.4, -0.2) is 36.9 Å². The molecule has 2 heterocycles. The number of carbonyl (C=O) groups is 1. The number of hydrazone groups is 1. The lowest BCUT2D eigenvalue weighted by Crippen LogP contribution is -2.42. The zero-order valence-corrected chi connectivity index (χ0v) is 13.3. The average Bonchev–Trinajstić information content (AvgIpc) is 3.09. The van der Waals surface area contributed by atoms with Crippen molar-refractivity contribution in [2.75, 3.05) is 19.6 Å². The second kappa shape index (κ2) is 7.79. The third kappa shape index (κ3) is 4.23. The Balaban J connectivity index is 1.49. The lowest BCUT2D eigenvalue weighted by atomic mass is 9.91. The number of carboxylic acids is 1. The zero-order chi connectivity index (χ0) is 16.8. The van der Waals surface area contributed by atoms with E-state index in [1.165, 1.54) is 0 Å². The smallest absolute Gasteiger partial charge is 0.307 e. The van der Waals surface area contributed by atoms with Gasteiger partial charge >= 0.3 is 5.97 Å². The molecule has 3 rings (SSSR count). The van der Waals surface area contributed by atoms with Crippen molar-refractivity contribution in [3.63, 3.8) is 0 Å². The number of furan rings is 1. The van der Waals surface area contributed by atoms with Crippen molar-refractivity contribution in [2.24, 2.45) is 16.9 Å². The van der Waals surface area contributed by atoms with Crippen LogP contribution < -0.4 is 10.7 Å². The monoisotopic (exact) mass is 327 g/mol. The number of rotatable bonds is 6.